The van der Waals surface area contributed by atoms with Crippen LogP contribution >= 0.6 is 0 Å². The Labute approximate surface area is 158 Å². The Morgan fingerprint density at radius 1 is 1.04 bits per heavy atom. The Hall–Kier alpha value is -3.40. The molecule has 1 aromatic heterocycles. The number of anilines is 1. The van der Waals surface area contributed by atoms with Gasteiger partial charge in [-0.05, 0) is 36.8 Å². The number of allylic oxidation sites excluding steroid dienone is 2. The number of fused-ring (bicyclic) bond motifs is 1. The SMILES string of the molecule is CC[n+]1ccc(/C=C2/C(=O)C(N(C)c3ccccc3)=C2O)c2ccccc21. The lowest BCUT2D eigenvalue weighted by Crippen LogP contribution is -2.34. The summed E-state index contributed by atoms with van der Waals surface area (Å²) in [6, 6.07) is 19.6. The molecule has 134 valence electrons. The Kier molecular flexibility index (Phi) is 4.24. The molecule has 0 atom stereocenters. The molecule has 1 heterocycles. The van der Waals surface area contributed by atoms with Gasteiger partial charge in [-0.1, -0.05) is 30.3 Å². The summed E-state index contributed by atoms with van der Waals surface area (Å²) in [5, 5.41) is 11.6. The largest absolute Gasteiger partial charge is 0.505 e. The lowest BCUT2D eigenvalue weighted by atomic mass is 9.90. The first kappa shape index (κ1) is 17.0. The zero-order chi connectivity index (χ0) is 19.0. The number of pyridine rings is 1. The van der Waals surface area contributed by atoms with Crippen LogP contribution in [0.15, 0.2) is 83.9 Å². The molecule has 0 radical (unpaired) electrons. The molecule has 0 bridgehead atoms. The molecule has 1 aliphatic rings. The predicted octanol–water partition coefficient (Wildman–Crippen LogP) is 4.02. The van der Waals surface area contributed by atoms with Crippen LogP contribution in [-0.4, -0.2) is 17.9 Å². The zero-order valence-electron chi connectivity index (χ0n) is 15.4. The third-order valence-electron chi connectivity index (χ3n) is 5.02. The molecule has 0 saturated heterocycles. The number of rotatable bonds is 4. The van der Waals surface area contributed by atoms with E-state index in [-0.39, 0.29) is 11.5 Å². The molecule has 3 aromatic rings. The Bertz CT molecular complexity index is 1100. The van der Waals surface area contributed by atoms with E-state index in [0.717, 1.165) is 28.7 Å². The first-order valence-corrected chi connectivity index (χ1v) is 9.01. The summed E-state index contributed by atoms with van der Waals surface area (Å²) in [5.74, 6) is -0.0992. The minimum Gasteiger partial charge on any atom is -0.505 e. The summed E-state index contributed by atoms with van der Waals surface area (Å²) in [7, 11) is 1.79. The molecule has 0 amide bonds. The third-order valence-corrected chi connectivity index (χ3v) is 5.02. The highest BCUT2D eigenvalue weighted by molar-refractivity contribution is 6.23. The highest BCUT2D eigenvalue weighted by Gasteiger charge is 2.37. The van der Waals surface area contributed by atoms with Gasteiger partial charge in [-0.15, -0.1) is 0 Å². The van der Waals surface area contributed by atoms with E-state index in [1.807, 2.05) is 60.8 Å². The van der Waals surface area contributed by atoms with E-state index in [0.29, 0.717) is 11.3 Å². The molecular weight excluding hydrogens is 336 g/mol. The van der Waals surface area contributed by atoms with Crippen molar-refractivity contribution in [3.63, 3.8) is 0 Å². The molecule has 0 saturated carbocycles. The van der Waals surface area contributed by atoms with Crippen LogP contribution < -0.4 is 9.47 Å². The molecule has 0 spiro atoms. The van der Waals surface area contributed by atoms with E-state index >= 15 is 0 Å². The van der Waals surface area contributed by atoms with E-state index in [9.17, 15) is 9.90 Å². The van der Waals surface area contributed by atoms with E-state index < -0.39 is 0 Å². The normalized spacial score (nSPS) is 15.3. The molecule has 0 aliphatic heterocycles. The van der Waals surface area contributed by atoms with Gasteiger partial charge in [0.25, 0.3) is 0 Å². The van der Waals surface area contributed by atoms with Gasteiger partial charge < -0.3 is 10.0 Å². The highest BCUT2D eigenvalue weighted by atomic mass is 16.3. The van der Waals surface area contributed by atoms with Gasteiger partial charge in [0, 0.05) is 24.9 Å². The van der Waals surface area contributed by atoms with Crippen molar-refractivity contribution in [1.29, 1.82) is 0 Å². The fraction of sp³-hybridized carbons (Fsp3) is 0.130. The number of hydrogen-bond donors (Lipinski definition) is 1. The number of para-hydroxylation sites is 2. The molecule has 27 heavy (non-hydrogen) atoms. The lowest BCUT2D eigenvalue weighted by Gasteiger charge is -2.29. The number of hydrogen-bond acceptors (Lipinski definition) is 3. The number of aliphatic hydroxyl groups is 1. The van der Waals surface area contributed by atoms with Gasteiger partial charge in [0.1, 0.15) is 12.2 Å². The van der Waals surface area contributed by atoms with Crippen LogP contribution in [0.2, 0.25) is 0 Å². The number of likely N-dealkylation sites (N-methyl/N-ethyl adjacent to an activating group) is 1. The molecule has 2 aromatic carbocycles. The lowest BCUT2D eigenvalue weighted by molar-refractivity contribution is -0.667. The van der Waals surface area contributed by atoms with Crippen LogP contribution in [0, 0.1) is 0 Å². The Morgan fingerprint density at radius 2 is 1.74 bits per heavy atom. The molecule has 1 aliphatic carbocycles. The number of aliphatic hydroxyl groups excluding tert-OH is 1. The molecular formula is C23H21N2O2+. The third kappa shape index (κ3) is 2.79. The maximum Gasteiger partial charge on any atom is 0.217 e. The summed E-state index contributed by atoms with van der Waals surface area (Å²) >= 11 is 0. The quantitative estimate of drug-likeness (QED) is 0.567. The molecule has 4 heteroatoms. The van der Waals surface area contributed by atoms with Gasteiger partial charge in [-0.3, -0.25) is 4.79 Å². The number of nitrogens with zero attached hydrogens (tertiary/aromatic N) is 2. The summed E-state index contributed by atoms with van der Waals surface area (Å²) in [6.07, 6.45) is 3.79. The van der Waals surface area contributed by atoms with Crippen LogP contribution in [0.5, 0.6) is 0 Å². The Balaban J connectivity index is 1.76. The zero-order valence-corrected chi connectivity index (χ0v) is 15.4. The molecule has 0 unspecified atom stereocenters. The maximum atomic E-state index is 12.7. The summed E-state index contributed by atoms with van der Waals surface area (Å²) in [6.45, 7) is 2.97. The molecule has 0 fully saturated rings. The van der Waals surface area contributed by atoms with Crippen molar-refractivity contribution >= 4 is 28.4 Å². The number of carbonyl (C=O) groups excluding carboxylic acids is 1. The molecule has 4 nitrogen and oxygen atoms in total. The maximum absolute atomic E-state index is 12.7. The van der Waals surface area contributed by atoms with Gasteiger partial charge in [-0.25, -0.2) is 0 Å². The number of Topliss-reactive ketones (excluding diaryl/α,β-unsaturated/α-hetero) is 1. The smallest absolute Gasteiger partial charge is 0.217 e. The number of carbonyl (C=O) groups is 1. The molecule has 4 rings (SSSR count). The van der Waals surface area contributed by atoms with E-state index in [4.69, 9.17) is 0 Å². The first-order valence-electron chi connectivity index (χ1n) is 9.01. The number of benzene rings is 2. The summed E-state index contributed by atoms with van der Waals surface area (Å²) in [5.41, 5.74) is 3.57. The van der Waals surface area contributed by atoms with Crippen LogP contribution in [0.4, 0.5) is 5.69 Å². The minimum atomic E-state index is -0.143. The van der Waals surface area contributed by atoms with Crippen molar-refractivity contribution in [3.8, 4) is 0 Å². The van der Waals surface area contributed by atoms with Gasteiger partial charge in [0.05, 0.1) is 11.0 Å². The van der Waals surface area contributed by atoms with E-state index in [1.54, 1.807) is 18.0 Å². The second-order valence-electron chi connectivity index (χ2n) is 6.55. The Morgan fingerprint density at radius 3 is 2.44 bits per heavy atom. The van der Waals surface area contributed by atoms with Gasteiger partial charge in [0.2, 0.25) is 11.3 Å². The van der Waals surface area contributed by atoms with Crippen LogP contribution in [0.25, 0.3) is 17.0 Å². The average molecular weight is 357 g/mol. The van der Waals surface area contributed by atoms with E-state index in [2.05, 4.69) is 17.6 Å². The van der Waals surface area contributed by atoms with Crippen molar-refractivity contribution in [3.05, 3.63) is 89.5 Å². The molecule has 1 N–H and O–H groups in total. The van der Waals surface area contributed by atoms with Crippen molar-refractivity contribution < 1.29 is 14.5 Å². The monoisotopic (exact) mass is 357 g/mol. The van der Waals surface area contributed by atoms with Crippen molar-refractivity contribution in [2.45, 2.75) is 13.5 Å². The fourth-order valence-electron chi connectivity index (χ4n) is 3.50. The minimum absolute atomic E-state index is 0.0441. The topological polar surface area (TPSA) is 44.4 Å². The van der Waals surface area contributed by atoms with Crippen LogP contribution in [0.3, 0.4) is 0 Å². The van der Waals surface area contributed by atoms with Crippen molar-refractivity contribution in [1.82, 2.24) is 0 Å². The predicted molar refractivity (Wildman–Crippen MR) is 107 cm³/mol. The van der Waals surface area contributed by atoms with Crippen molar-refractivity contribution in [2.24, 2.45) is 0 Å². The number of ketones is 1. The van der Waals surface area contributed by atoms with Crippen LogP contribution in [0.1, 0.15) is 12.5 Å². The van der Waals surface area contributed by atoms with Gasteiger partial charge in [-0.2, -0.15) is 4.57 Å². The number of aromatic nitrogens is 1. The van der Waals surface area contributed by atoms with Crippen LogP contribution in [-0.2, 0) is 11.3 Å². The second kappa shape index (κ2) is 6.72. The fourth-order valence-corrected chi connectivity index (χ4v) is 3.50. The standard InChI is InChI=1S/C23H20N2O2/c1-3-25-14-13-16(18-11-7-8-12-20(18)25)15-19-22(26)21(23(19)27)24(2)17-9-5-4-6-10-17/h4-15H,3H2,1-2H3/p+1. The summed E-state index contributed by atoms with van der Waals surface area (Å²) in [4.78, 5) is 14.4. The van der Waals surface area contributed by atoms with E-state index in [1.165, 1.54) is 0 Å². The number of aryl methyl sites for hydroxylation is 1. The van der Waals surface area contributed by atoms with Gasteiger partial charge in [0.15, 0.2) is 12.0 Å². The first-order chi connectivity index (χ1) is 13.1. The second-order valence-corrected chi connectivity index (χ2v) is 6.55. The summed E-state index contributed by atoms with van der Waals surface area (Å²) < 4.78 is 2.16. The van der Waals surface area contributed by atoms with Crippen molar-refractivity contribution in [2.75, 3.05) is 11.9 Å². The van der Waals surface area contributed by atoms with Gasteiger partial charge >= 0.3 is 0 Å². The highest BCUT2D eigenvalue weighted by Crippen LogP contribution is 2.35. The average Bonchev–Trinajstić information content (AvgIpc) is 2.72.